The summed E-state index contributed by atoms with van der Waals surface area (Å²) in [4.78, 5) is 38.9. The number of amides is 1. The molecule has 0 bridgehead atoms. The maximum Gasteiger partial charge on any atom is 0.312 e. The number of halogens is 1. The summed E-state index contributed by atoms with van der Waals surface area (Å²) in [6, 6.07) is 13.5. The molecule has 1 aliphatic heterocycles. The summed E-state index contributed by atoms with van der Waals surface area (Å²) in [6.07, 6.45) is -0.897. The summed E-state index contributed by atoms with van der Waals surface area (Å²) in [7, 11) is 0. The van der Waals surface area contributed by atoms with Gasteiger partial charge in [-0.25, -0.2) is 0 Å². The third-order valence-electron chi connectivity index (χ3n) is 4.71. The van der Waals surface area contributed by atoms with Crippen LogP contribution in [0.15, 0.2) is 48.5 Å². The molecule has 0 radical (unpaired) electrons. The molecule has 0 aliphatic carbocycles. The van der Waals surface area contributed by atoms with Gasteiger partial charge in [-0.3, -0.25) is 14.4 Å². The first-order valence-corrected chi connectivity index (χ1v) is 9.80. The highest BCUT2D eigenvalue weighted by atomic mass is 35.5. The zero-order chi connectivity index (χ0) is 21.0. The lowest BCUT2D eigenvalue weighted by atomic mass is 10.1. The first kappa shape index (κ1) is 20.9. The van der Waals surface area contributed by atoms with Gasteiger partial charge in [-0.2, -0.15) is 0 Å². The lowest BCUT2D eigenvalue weighted by Gasteiger charge is -2.18. The highest BCUT2D eigenvalue weighted by molar-refractivity contribution is 6.30. The number of carbonyl (C=O) groups is 3. The highest BCUT2D eigenvalue weighted by Gasteiger charge is 2.37. The van der Waals surface area contributed by atoms with Crippen LogP contribution in [0.2, 0.25) is 5.02 Å². The summed E-state index contributed by atoms with van der Waals surface area (Å²) in [6.45, 7) is 4.19. The van der Waals surface area contributed by atoms with Crippen molar-refractivity contribution in [3.05, 3.63) is 59.1 Å². The third-order valence-corrected chi connectivity index (χ3v) is 4.96. The van der Waals surface area contributed by atoms with E-state index in [9.17, 15) is 14.4 Å². The number of carbonyl (C=O) groups excluding carboxylic acids is 3. The second-order valence-electron chi connectivity index (χ2n) is 6.78. The normalized spacial score (nSPS) is 17.1. The second-order valence-corrected chi connectivity index (χ2v) is 7.22. The summed E-state index contributed by atoms with van der Waals surface area (Å²) in [5.74, 6) is -0.931. The van der Waals surface area contributed by atoms with Gasteiger partial charge in [-0.05, 0) is 62.4 Å². The number of esters is 1. The van der Waals surface area contributed by atoms with Gasteiger partial charge in [-0.1, -0.05) is 11.6 Å². The summed E-state index contributed by atoms with van der Waals surface area (Å²) in [5, 5.41) is 0.519. The van der Waals surface area contributed by atoms with Gasteiger partial charge in [0.05, 0.1) is 12.5 Å². The molecule has 1 heterocycles. The molecule has 1 amide bonds. The van der Waals surface area contributed by atoms with Crippen molar-refractivity contribution in [1.82, 2.24) is 0 Å². The van der Waals surface area contributed by atoms with E-state index in [1.807, 2.05) is 6.92 Å². The van der Waals surface area contributed by atoms with Crippen LogP contribution in [0.1, 0.15) is 30.6 Å². The zero-order valence-corrected chi connectivity index (χ0v) is 17.0. The number of hydrogen-bond acceptors (Lipinski definition) is 5. The monoisotopic (exact) mass is 415 g/mol. The maximum absolute atomic E-state index is 12.5. The average molecular weight is 416 g/mol. The Balaban J connectivity index is 1.60. The van der Waals surface area contributed by atoms with Gasteiger partial charge in [0.2, 0.25) is 11.7 Å². The van der Waals surface area contributed by atoms with Crippen molar-refractivity contribution in [3.8, 4) is 5.75 Å². The Bertz CT molecular complexity index is 894. The average Bonchev–Trinajstić information content (AvgIpc) is 3.10. The Morgan fingerprint density at radius 3 is 2.41 bits per heavy atom. The molecule has 2 aromatic rings. The van der Waals surface area contributed by atoms with E-state index >= 15 is 0 Å². The Morgan fingerprint density at radius 2 is 1.79 bits per heavy atom. The molecule has 0 saturated carbocycles. The van der Waals surface area contributed by atoms with Gasteiger partial charge in [0, 0.05) is 29.2 Å². The van der Waals surface area contributed by atoms with Gasteiger partial charge in [0.15, 0.2) is 6.10 Å². The third kappa shape index (κ3) is 4.95. The zero-order valence-electron chi connectivity index (χ0n) is 16.3. The predicted octanol–water partition coefficient (Wildman–Crippen LogP) is 3.91. The van der Waals surface area contributed by atoms with E-state index in [2.05, 4.69) is 0 Å². The molecule has 152 valence electrons. The molecule has 2 aromatic carbocycles. The quantitative estimate of drug-likeness (QED) is 0.506. The van der Waals surface area contributed by atoms with Crippen LogP contribution in [0.3, 0.4) is 0 Å². The van der Waals surface area contributed by atoms with Gasteiger partial charge in [0.25, 0.3) is 0 Å². The van der Waals surface area contributed by atoms with Crippen LogP contribution < -0.4 is 9.64 Å². The second kappa shape index (κ2) is 9.09. The van der Waals surface area contributed by atoms with E-state index in [1.165, 1.54) is 6.92 Å². The molecule has 1 saturated heterocycles. The number of benzene rings is 2. The summed E-state index contributed by atoms with van der Waals surface area (Å²) < 4.78 is 10.7. The number of anilines is 1. The molecule has 7 heteroatoms. The van der Waals surface area contributed by atoms with Crippen LogP contribution in [0.4, 0.5) is 5.69 Å². The predicted molar refractivity (Wildman–Crippen MR) is 109 cm³/mol. The maximum atomic E-state index is 12.5. The molecule has 1 aliphatic rings. The van der Waals surface area contributed by atoms with E-state index in [0.29, 0.717) is 28.6 Å². The number of hydrogen-bond donors (Lipinski definition) is 0. The summed E-state index contributed by atoms with van der Waals surface area (Å²) in [5.41, 5.74) is 1.10. The Morgan fingerprint density at radius 1 is 1.14 bits per heavy atom. The van der Waals surface area contributed by atoms with E-state index in [1.54, 1.807) is 53.4 Å². The molecule has 2 atom stereocenters. The van der Waals surface area contributed by atoms with Crippen molar-refractivity contribution in [2.45, 2.75) is 26.4 Å². The standard InChI is InChI=1S/C22H22ClNO5/c1-3-28-19-10-8-18(9-11-19)24-13-16(12-20(24)25)22(27)29-14(2)21(26)15-4-6-17(23)7-5-15/h4-11,14,16H,3,12-13H2,1-2H3/t14-,16-/m1/s1. The molecule has 0 spiro atoms. The van der Waals surface area contributed by atoms with Crippen molar-refractivity contribution in [2.75, 3.05) is 18.1 Å². The number of ether oxygens (including phenoxy) is 2. The van der Waals surface area contributed by atoms with Crippen LogP contribution in [0.25, 0.3) is 0 Å². The number of rotatable bonds is 7. The van der Waals surface area contributed by atoms with Crippen molar-refractivity contribution in [2.24, 2.45) is 5.92 Å². The minimum Gasteiger partial charge on any atom is -0.494 e. The number of Topliss-reactive ketones (excluding diaryl/α,β-unsaturated/α-hetero) is 1. The summed E-state index contributed by atoms with van der Waals surface area (Å²) >= 11 is 5.83. The molecule has 1 fully saturated rings. The van der Waals surface area contributed by atoms with Crippen LogP contribution >= 0.6 is 11.6 Å². The lowest BCUT2D eigenvalue weighted by Crippen LogP contribution is -2.30. The molecular weight excluding hydrogens is 394 g/mol. The molecule has 29 heavy (non-hydrogen) atoms. The molecule has 0 unspecified atom stereocenters. The van der Waals surface area contributed by atoms with E-state index in [0.717, 1.165) is 0 Å². The first-order valence-electron chi connectivity index (χ1n) is 9.42. The van der Waals surface area contributed by atoms with Gasteiger partial charge in [-0.15, -0.1) is 0 Å². The smallest absolute Gasteiger partial charge is 0.312 e. The Hall–Kier alpha value is -2.86. The molecule has 3 rings (SSSR count). The van der Waals surface area contributed by atoms with Gasteiger partial charge < -0.3 is 14.4 Å². The number of ketones is 1. The molecule has 6 nitrogen and oxygen atoms in total. The molecular formula is C22H22ClNO5. The van der Waals surface area contributed by atoms with Crippen LogP contribution in [-0.2, 0) is 14.3 Å². The van der Waals surface area contributed by atoms with Crippen LogP contribution in [0.5, 0.6) is 5.75 Å². The van der Waals surface area contributed by atoms with Crippen LogP contribution in [-0.4, -0.2) is 36.9 Å². The van der Waals surface area contributed by atoms with Crippen LogP contribution in [0, 0.1) is 5.92 Å². The topological polar surface area (TPSA) is 72.9 Å². The number of nitrogens with zero attached hydrogens (tertiary/aromatic N) is 1. The van der Waals surface area contributed by atoms with E-state index < -0.39 is 18.0 Å². The van der Waals surface area contributed by atoms with Crippen molar-refractivity contribution >= 4 is 34.9 Å². The van der Waals surface area contributed by atoms with E-state index in [-0.39, 0.29) is 24.7 Å². The lowest BCUT2D eigenvalue weighted by molar-refractivity contribution is -0.151. The van der Waals surface area contributed by atoms with Crippen molar-refractivity contribution in [1.29, 1.82) is 0 Å². The Kier molecular flexibility index (Phi) is 6.54. The molecule has 0 N–H and O–H groups in total. The highest BCUT2D eigenvalue weighted by Crippen LogP contribution is 2.28. The van der Waals surface area contributed by atoms with E-state index in [4.69, 9.17) is 21.1 Å². The fourth-order valence-corrected chi connectivity index (χ4v) is 3.30. The fourth-order valence-electron chi connectivity index (χ4n) is 3.18. The van der Waals surface area contributed by atoms with Crippen molar-refractivity contribution in [3.63, 3.8) is 0 Å². The minimum absolute atomic E-state index is 0.0495. The minimum atomic E-state index is -0.946. The van der Waals surface area contributed by atoms with Crippen molar-refractivity contribution < 1.29 is 23.9 Å². The fraction of sp³-hybridized carbons (Fsp3) is 0.318. The molecule has 0 aromatic heterocycles. The largest absolute Gasteiger partial charge is 0.494 e. The van der Waals surface area contributed by atoms with Gasteiger partial charge >= 0.3 is 5.97 Å². The Labute approximate surface area is 174 Å². The first-order chi connectivity index (χ1) is 13.9. The van der Waals surface area contributed by atoms with Gasteiger partial charge in [0.1, 0.15) is 5.75 Å². The SMILES string of the molecule is CCOc1ccc(N2C[C@H](C(=O)O[C@H](C)C(=O)c3ccc(Cl)cc3)CC2=O)cc1.